The van der Waals surface area contributed by atoms with Gasteiger partial charge in [-0.15, -0.1) is 0 Å². The topological polar surface area (TPSA) is 170 Å². The number of benzene rings is 1. The molecule has 2 atom stereocenters. The van der Waals surface area contributed by atoms with Gasteiger partial charge in [0.25, 0.3) is 0 Å². The Balaban J connectivity index is 1.63. The fraction of sp³-hybridized carbons (Fsp3) is 0.391. The number of carboxylic acid groups (broad SMARTS) is 1. The maximum atomic E-state index is 12.9. The third kappa shape index (κ3) is 5.49. The Bertz CT molecular complexity index is 987. The van der Waals surface area contributed by atoms with Crippen LogP contribution in [0.3, 0.4) is 0 Å². The Morgan fingerprint density at radius 1 is 1.22 bits per heavy atom. The van der Waals surface area contributed by atoms with Crippen LogP contribution in [0.2, 0.25) is 0 Å². The minimum atomic E-state index is -2.03. The fourth-order valence-corrected chi connectivity index (χ4v) is 3.96. The number of aliphatic carboxylic acids is 1. The number of rotatable bonds is 10. The highest BCUT2D eigenvalue weighted by Crippen LogP contribution is 2.28. The van der Waals surface area contributed by atoms with Crippen molar-refractivity contribution < 1.29 is 14.7 Å². The summed E-state index contributed by atoms with van der Waals surface area (Å²) in [5, 5.41) is 13.1. The predicted molar refractivity (Wildman–Crippen MR) is 122 cm³/mol. The number of nitrogens with two attached hydrogens (primary N) is 3. The van der Waals surface area contributed by atoms with Gasteiger partial charge in [0.05, 0.1) is 11.7 Å². The summed E-state index contributed by atoms with van der Waals surface area (Å²) in [5.74, 6) is -2.10. The average molecular weight is 439 g/mol. The van der Waals surface area contributed by atoms with E-state index in [4.69, 9.17) is 17.2 Å². The van der Waals surface area contributed by atoms with Crippen molar-refractivity contribution in [3.05, 3.63) is 65.0 Å². The van der Waals surface area contributed by atoms with Gasteiger partial charge in [0.15, 0.2) is 17.3 Å². The predicted octanol–water partition coefficient (Wildman–Crippen LogP) is 1.27. The fourth-order valence-electron chi connectivity index (χ4n) is 3.96. The van der Waals surface area contributed by atoms with E-state index in [0.717, 1.165) is 30.5 Å². The third-order valence-corrected chi connectivity index (χ3v) is 5.77. The van der Waals surface area contributed by atoms with Crippen LogP contribution in [-0.4, -0.2) is 39.9 Å². The van der Waals surface area contributed by atoms with E-state index in [2.05, 4.69) is 21.4 Å². The van der Waals surface area contributed by atoms with Gasteiger partial charge in [0.2, 0.25) is 0 Å². The van der Waals surface area contributed by atoms with E-state index in [1.54, 1.807) is 12.1 Å². The summed E-state index contributed by atoms with van der Waals surface area (Å²) in [5.41, 5.74) is 18.1. The highest BCUT2D eigenvalue weighted by Gasteiger charge is 2.42. The molecule has 1 unspecified atom stereocenters. The SMILES string of the molecule is NC(N)=NCCC[C@](N)(C(=O)O)C(=O)c1ccc(CNC2CCCc3cccnc32)cc1. The summed E-state index contributed by atoms with van der Waals surface area (Å²) in [6.07, 6.45) is 5.20. The van der Waals surface area contributed by atoms with Crippen molar-refractivity contribution in [2.75, 3.05) is 6.54 Å². The number of hydrogen-bond donors (Lipinski definition) is 5. The van der Waals surface area contributed by atoms with Crippen LogP contribution in [0, 0.1) is 0 Å². The van der Waals surface area contributed by atoms with Crippen LogP contribution in [0.1, 0.15) is 58.9 Å². The molecular weight excluding hydrogens is 408 g/mol. The number of pyridine rings is 1. The van der Waals surface area contributed by atoms with Crippen molar-refractivity contribution in [3.8, 4) is 0 Å². The number of aliphatic imine (C=N–C) groups is 1. The normalized spacial score (nSPS) is 17.1. The van der Waals surface area contributed by atoms with Gasteiger partial charge < -0.3 is 27.6 Å². The second-order valence-corrected chi connectivity index (χ2v) is 8.09. The zero-order valence-electron chi connectivity index (χ0n) is 18.0. The molecule has 1 heterocycles. The molecule has 3 rings (SSSR count). The van der Waals surface area contributed by atoms with E-state index in [-0.39, 0.29) is 37.0 Å². The van der Waals surface area contributed by atoms with Crippen LogP contribution in [0.4, 0.5) is 0 Å². The molecule has 0 radical (unpaired) electrons. The Kier molecular flexibility index (Phi) is 7.55. The molecule has 9 heteroatoms. The maximum Gasteiger partial charge on any atom is 0.331 e. The maximum absolute atomic E-state index is 12.9. The molecule has 0 aliphatic heterocycles. The summed E-state index contributed by atoms with van der Waals surface area (Å²) in [6.45, 7) is 0.811. The number of carbonyl (C=O) groups excluding carboxylic acids is 1. The van der Waals surface area contributed by atoms with Crippen molar-refractivity contribution >= 4 is 17.7 Å². The molecular formula is C23H30N6O3. The molecule has 0 bridgehead atoms. The van der Waals surface area contributed by atoms with Gasteiger partial charge in [0, 0.05) is 24.8 Å². The van der Waals surface area contributed by atoms with E-state index in [9.17, 15) is 14.7 Å². The standard InChI is InChI=1S/C23H30N6O3/c24-22(25)28-13-3-11-23(26,21(31)32)20(30)17-9-7-15(8-10-17)14-29-18-6-1-4-16-5-2-12-27-19(16)18/h2,5,7-10,12,18,29H,1,3-4,6,11,13-14,26H2,(H,31,32)(H4,24,25,28)/t18?,23-/m1/s1. The molecule has 1 aromatic heterocycles. The zero-order chi connectivity index (χ0) is 23.1. The van der Waals surface area contributed by atoms with Crippen molar-refractivity contribution in [2.45, 2.75) is 50.2 Å². The zero-order valence-corrected chi connectivity index (χ0v) is 18.0. The number of aryl methyl sites for hydroxylation is 1. The van der Waals surface area contributed by atoms with Gasteiger partial charge >= 0.3 is 5.97 Å². The smallest absolute Gasteiger partial charge is 0.331 e. The largest absolute Gasteiger partial charge is 0.480 e. The number of carbonyl (C=O) groups is 2. The van der Waals surface area contributed by atoms with Crippen LogP contribution in [0.25, 0.3) is 0 Å². The number of carboxylic acids is 1. The van der Waals surface area contributed by atoms with Gasteiger partial charge in [-0.25, -0.2) is 4.79 Å². The van der Waals surface area contributed by atoms with Gasteiger partial charge in [0.1, 0.15) is 0 Å². The van der Waals surface area contributed by atoms with Gasteiger partial charge in [-0.2, -0.15) is 0 Å². The van der Waals surface area contributed by atoms with Crippen LogP contribution in [-0.2, 0) is 17.8 Å². The molecule has 2 aromatic rings. The van der Waals surface area contributed by atoms with Crippen LogP contribution in [0.15, 0.2) is 47.6 Å². The van der Waals surface area contributed by atoms with E-state index >= 15 is 0 Å². The molecule has 170 valence electrons. The highest BCUT2D eigenvalue weighted by molar-refractivity contribution is 6.15. The molecule has 0 amide bonds. The van der Waals surface area contributed by atoms with E-state index in [1.165, 1.54) is 5.56 Å². The number of guanidine groups is 1. The number of Topliss-reactive ketones (excluding diaryl/α,β-unsaturated/α-hetero) is 1. The number of hydrogen-bond acceptors (Lipinski definition) is 6. The molecule has 1 aromatic carbocycles. The first-order valence-corrected chi connectivity index (χ1v) is 10.7. The summed E-state index contributed by atoms with van der Waals surface area (Å²) < 4.78 is 0. The molecule has 1 aliphatic carbocycles. The number of aromatic nitrogens is 1. The van der Waals surface area contributed by atoms with E-state index in [0.29, 0.717) is 6.54 Å². The lowest BCUT2D eigenvalue weighted by molar-refractivity contribution is -0.141. The molecule has 9 nitrogen and oxygen atoms in total. The first kappa shape index (κ1) is 23.4. The summed E-state index contributed by atoms with van der Waals surface area (Å²) in [7, 11) is 0. The van der Waals surface area contributed by atoms with Crippen molar-refractivity contribution in [1.82, 2.24) is 10.3 Å². The monoisotopic (exact) mass is 438 g/mol. The molecule has 0 saturated carbocycles. The Morgan fingerprint density at radius 2 is 1.97 bits per heavy atom. The third-order valence-electron chi connectivity index (χ3n) is 5.77. The highest BCUT2D eigenvalue weighted by atomic mass is 16.4. The molecule has 32 heavy (non-hydrogen) atoms. The van der Waals surface area contributed by atoms with Gasteiger partial charge in [-0.05, 0) is 49.3 Å². The van der Waals surface area contributed by atoms with E-state index < -0.39 is 17.3 Å². The Hall–Kier alpha value is -3.30. The first-order chi connectivity index (χ1) is 15.3. The minimum absolute atomic E-state index is 0.0741. The van der Waals surface area contributed by atoms with Crippen LogP contribution in [0.5, 0.6) is 0 Å². The van der Waals surface area contributed by atoms with Gasteiger partial charge in [-0.1, -0.05) is 30.3 Å². The molecule has 0 fully saturated rings. The minimum Gasteiger partial charge on any atom is -0.480 e. The average Bonchev–Trinajstić information content (AvgIpc) is 2.80. The van der Waals surface area contributed by atoms with Crippen molar-refractivity contribution in [2.24, 2.45) is 22.2 Å². The molecule has 0 saturated heterocycles. The Morgan fingerprint density at radius 3 is 2.66 bits per heavy atom. The summed E-state index contributed by atoms with van der Waals surface area (Å²) in [6, 6.07) is 11.1. The number of ketones is 1. The summed E-state index contributed by atoms with van der Waals surface area (Å²) in [4.78, 5) is 33.0. The molecule has 8 N–H and O–H groups in total. The molecule has 1 aliphatic rings. The summed E-state index contributed by atoms with van der Waals surface area (Å²) >= 11 is 0. The number of fused-ring (bicyclic) bond motifs is 1. The van der Waals surface area contributed by atoms with E-state index in [1.807, 2.05) is 24.4 Å². The second-order valence-electron chi connectivity index (χ2n) is 8.09. The quantitative estimate of drug-likeness (QED) is 0.121. The number of nitrogens with zero attached hydrogens (tertiary/aromatic N) is 2. The lowest BCUT2D eigenvalue weighted by Crippen LogP contribution is -2.55. The lowest BCUT2D eigenvalue weighted by atomic mass is 9.85. The molecule has 0 spiro atoms. The van der Waals surface area contributed by atoms with Crippen LogP contribution >= 0.6 is 0 Å². The van der Waals surface area contributed by atoms with Gasteiger partial charge in [-0.3, -0.25) is 14.8 Å². The lowest BCUT2D eigenvalue weighted by Gasteiger charge is -2.25. The van der Waals surface area contributed by atoms with Crippen molar-refractivity contribution in [1.29, 1.82) is 0 Å². The Labute approximate surface area is 187 Å². The number of nitrogens with one attached hydrogen (secondary N) is 1. The second kappa shape index (κ2) is 10.3. The van der Waals surface area contributed by atoms with Crippen LogP contribution < -0.4 is 22.5 Å². The van der Waals surface area contributed by atoms with Crippen molar-refractivity contribution in [3.63, 3.8) is 0 Å². The first-order valence-electron chi connectivity index (χ1n) is 10.7.